The van der Waals surface area contributed by atoms with E-state index in [2.05, 4.69) is 40.1 Å². The molecular weight excluding hydrogens is 363 g/mol. The van der Waals surface area contributed by atoms with Gasteiger partial charge in [-0.05, 0) is 74.9 Å². The lowest BCUT2D eigenvalue weighted by Gasteiger charge is -2.47. The van der Waals surface area contributed by atoms with E-state index in [9.17, 15) is 9.50 Å². The first-order chi connectivity index (χ1) is 14.2. The van der Waals surface area contributed by atoms with Gasteiger partial charge in [-0.2, -0.15) is 0 Å². The Morgan fingerprint density at radius 3 is 2.38 bits per heavy atom. The van der Waals surface area contributed by atoms with Gasteiger partial charge in [-0.3, -0.25) is 4.90 Å². The van der Waals surface area contributed by atoms with Crippen molar-refractivity contribution in [2.24, 2.45) is 5.41 Å². The number of aliphatic hydroxyl groups excluding tert-OH is 1. The van der Waals surface area contributed by atoms with Gasteiger partial charge in [-0.15, -0.1) is 0 Å². The zero-order valence-electron chi connectivity index (χ0n) is 17.3. The molecule has 2 aliphatic heterocycles. The Bertz CT molecular complexity index is 758. The van der Waals surface area contributed by atoms with Crippen LogP contribution in [0, 0.1) is 11.2 Å². The number of nitrogens with zero attached hydrogens (tertiary/aromatic N) is 2. The smallest absolute Gasteiger partial charge is 0.123 e. The average molecular weight is 397 g/mol. The van der Waals surface area contributed by atoms with E-state index in [-0.39, 0.29) is 17.8 Å². The van der Waals surface area contributed by atoms with Gasteiger partial charge in [0, 0.05) is 43.4 Å². The Morgan fingerprint density at radius 2 is 1.69 bits per heavy atom. The van der Waals surface area contributed by atoms with Crippen molar-refractivity contribution >= 4 is 5.69 Å². The summed E-state index contributed by atoms with van der Waals surface area (Å²) in [6.45, 7) is 4.47. The van der Waals surface area contributed by atoms with Crippen molar-refractivity contribution in [3.05, 3.63) is 66.0 Å². The maximum atomic E-state index is 13.2. The molecule has 3 nitrogen and oxygen atoms in total. The third kappa shape index (κ3) is 4.99. The molecule has 2 aliphatic rings. The fraction of sp³-hybridized carbons (Fsp3) is 0.520. The number of hydrogen-bond donors (Lipinski definition) is 1. The monoisotopic (exact) mass is 396 g/mol. The summed E-state index contributed by atoms with van der Waals surface area (Å²) in [7, 11) is 0. The van der Waals surface area contributed by atoms with Gasteiger partial charge in [0.05, 0.1) is 0 Å². The lowest BCUT2D eigenvalue weighted by atomic mass is 9.75. The highest BCUT2D eigenvalue weighted by atomic mass is 19.1. The van der Waals surface area contributed by atoms with Crippen LogP contribution in [0.4, 0.5) is 10.1 Å². The SMILES string of the molecule is OCC1(CCc2ccccc2)CCCN(C2CCN(c3ccc(F)cc3)CC2)C1. The molecule has 1 N–H and O–H groups in total. The van der Waals surface area contributed by atoms with Crippen LogP contribution < -0.4 is 4.90 Å². The minimum Gasteiger partial charge on any atom is -0.396 e. The van der Waals surface area contributed by atoms with Gasteiger partial charge in [0.1, 0.15) is 5.82 Å². The Balaban J connectivity index is 1.33. The molecule has 0 radical (unpaired) electrons. The molecule has 4 heteroatoms. The first-order valence-corrected chi connectivity index (χ1v) is 11.1. The fourth-order valence-corrected chi connectivity index (χ4v) is 5.17. The molecule has 156 valence electrons. The van der Waals surface area contributed by atoms with Crippen LogP contribution in [0.5, 0.6) is 0 Å². The number of anilines is 1. The number of halogens is 1. The molecule has 2 saturated heterocycles. The molecule has 2 aromatic rings. The maximum absolute atomic E-state index is 13.2. The molecular formula is C25H33FN2O. The van der Waals surface area contributed by atoms with E-state index in [1.807, 2.05) is 12.1 Å². The van der Waals surface area contributed by atoms with E-state index in [4.69, 9.17) is 0 Å². The third-order valence-electron chi connectivity index (χ3n) is 6.99. The van der Waals surface area contributed by atoms with E-state index >= 15 is 0 Å². The summed E-state index contributed by atoms with van der Waals surface area (Å²) < 4.78 is 13.2. The predicted octanol–water partition coefficient (Wildman–Crippen LogP) is 4.50. The molecule has 1 atom stereocenters. The molecule has 1 unspecified atom stereocenters. The summed E-state index contributed by atoms with van der Waals surface area (Å²) in [6.07, 6.45) is 6.67. The Kier molecular flexibility index (Phi) is 6.51. The quantitative estimate of drug-likeness (QED) is 0.779. The summed E-state index contributed by atoms with van der Waals surface area (Å²) in [5.74, 6) is -0.173. The number of piperidine rings is 2. The van der Waals surface area contributed by atoms with Crippen molar-refractivity contribution in [1.29, 1.82) is 0 Å². The third-order valence-corrected chi connectivity index (χ3v) is 6.99. The Morgan fingerprint density at radius 1 is 0.966 bits per heavy atom. The molecule has 0 saturated carbocycles. The molecule has 0 amide bonds. The van der Waals surface area contributed by atoms with Crippen molar-refractivity contribution in [3.63, 3.8) is 0 Å². The van der Waals surface area contributed by atoms with E-state index in [0.29, 0.717) is 6.04 Å². The first kappa shape index (κ1) is 20.4. The highest BCUT2D eigenvalue weighted by molar-refractivity contribution is 5.46. The van der Waals surface area contributed by atoms with Gasteiger partial charge >= 0.3 is 0 Å². The van der Waals surface area contributed by atoms with Crippen molar-refractivity contribution in [3.8, 4) is 0 Å². The van der Waals surface area contributed by atoms with Crippen LogP contribution in [0.2, 0.25) is 0 Å². The molecule has 29 heavy (non-hydrogen) atoms. The van der Waals surface area contributed by atoms with Gasteiger partial charge in [0.15, 0.2) is 0 Å². The van der Waals surface area contributed by atoms with Crippen LogP contribution in [0.25, 0.3) is 0 Å². The topological polar surface area (TPSA) is 26.7 Å². The molecule has 0 aromatic heterocycles. The highest BCUT2D eigenvalue weighted by Crippen LogP contribution is 2.36. The van der Waals surface area contributed by atoms with Gasteiger partial charge in [-0.1, -0.05) is 30.3 Å². The second kappa shape index (κ2) is 9.27. The normalized spacial score (nSPS) is 24.0. The summed E-state index contributed by atoms with van der Waals surface area (Å²) in [5, 5.41) is 10.3. The lowest BCUT2D eigenvalue weighted by molar-refractivity contribution is 0.00190. The number of aryl methyl sites for hydroxylation is 1. The van der Waals surface area contributed by atoms with E-state index in [1.165, 1.54) is 12.0 Å². The Labute approximate surface area is 174 Å². The number of likely N-dealkylation sites (tertiary alicyclic amines) is 1. The van der Waals surface area contributed by atoms with Crippen molar-refractivity contribution in [1.82, 2.24) is 4.90 Å². The summed E-state index contributed by atoms with van der Waals surface area (Å²) in [4.78, 5) is 5.02. The molecule has 4 rings (SSSR count). The zero-order valence-corrected chi connectivity index (χ0v) is 17.3. The molecule has 0 spiro atoms. The van der Waals surface area contributed by atoms with Crippen molar-refractivity contribution < 1.29 is 9.50 Å². The minimum atomic E-state index is -0.173. The summed E-state index contributed by atoms with van der Waals surface area (Å²) in [6, 6.07) is 18.1. The molecule has 2 aromatic carbocycles. The maximum Gasteiger partial charge on any atom is 0.123 e. The second-order valence-electron chi connectivity index (χ2n) is 8.91. The summed E-state index contributed by atoms with van der Waals surface area (Å²) >= 11 is 0. The van der Waals surface area contributed by atoms with Crippen molar-refractivity contribution in [2.45, 2.75) is 44.6 Å². The van der Waals surface area contributed by atoms with Gasteiger partial charge < -0.3 is 10.0 Å². The van der Waals surface area contributed by atoms with Crippen molar-refractivity contribution in [2.75, 3.05) is 37.7 Å². The number of benzene rings is 2. The molecule has 2 heterocycles. The molecule has 0 bridgehead atoms. The second-order valence-corrected chi connectivity index (χ2v) is 8.91. The van der Waals surface area contributed by atoms with E-state index in [0.717, 1.165) is 64.0 Å². The van der Waals surface area contributed by atoms with Gasteiger partial charge in [0.25, 0.3) is 0 Å². The number of aliphatic hydroxyl groups is 1. The van der Waals surface area contributed by atoms with Crippen LogP contribution in [-0.4, -0.2) is 48.8 Å². The zero-order chi connectivity index (χ0) is 20.1. The van der Waals surface area contributed by atoms with Crippen LogP contribution >= 0.6 is 0 Å². The van der Waals surface area contributed by atoms with Crippen LogP contribution in [0.3, 0.4) is 0 Å². The number of hydrogen-bond acceptors (Lipinski definition) is 3. The van der Waals surface area contributed by atoms with Gasteiger partial charge in [-0.25, -0.2) is 4.39 Å². The first-order valence-electron chi connectivity index (χ1n) is 11.1. The highest BCUT2D eigenvalue weighted by Gasteiger charge is 2.37. The van der Waals surface area contributed by atoms with Crippen LogP contribution in [0.15, 0.2) is 54.6 Å². The average Bonchev–Trinajstić information content (AvgIpc) is 2.79. The van der Waals surface area contributed by atoms with Gasteiger partial charge in [0.2, 0.25) is 0 Å². The number of rotatable bonds is 6. The Hall–Kier alpha value is -1.91. The minimum absolute atomic E-state index is 0.0299. The fourth-order valence-electron chi connectivity index (χ4n) is 5.17. The van der Waals surface area contributed by atoms with Crippen LogP contribution in [-0.2, 0) is 6.42 Å². The predicted molar refractivity (Wildman–Crippen MR) is 117 cm³/mol. The van der Waals surface area contributed by atoms with Crippen LogP contribution in [0.1, 0.15) is 37.7 Å². The molecule has 2 fully saturated rings. The summed E-state index contributed by atoms with van der Waals surface area (Å²) in [5.41, 5.74) is 2.52. The molecule has 0 aliphatic carbocycles. The van der Waals surface area contributed by atoms with E-state index in [1.54, 1.807) is 12.1 Å². The van der Waals surface area contributed by atoms with E-state index < -0.39 is 0 Å². The largest absolute Gasteiger partial charge is 0.396 e. The lowest BCUT2D eigenvalue weighted by Crippen LogP contribution is -2.52. The standard InChI is InChI=1S/C25H33FN2O/c26-22-7-9-23(10-8-22)27-17-12-24(13-18-27)28-16-4-14-25(19-28,20-29)15-11-21-5-2-1-3-6-21/h1-3,5-10,24,29H,4,11-20H2.